The fourth-order valence-corrected chi connectivity index (χ4v) is 4.29. The van der Waals surface area contributed by atoms with E-state index in [0.29, 0.717) is 0 Å². The molecule has 1 N–H and O–H groups in total. The van der Waals surface area contributed by atoms with Gasteiger partial charge >= 0.3 is 0 Å². The Kier molecular flexibility index (Phi) is 2.99. The van der Waals surface area contributed by atoms with Crippen LogP contribution in [0.2, 0.25) is 0 Å². The van der Waals surface area contributed by atoms with Crippen molar-refractivity contribution in [1.29, 1.82) is 0 Å². The van der Waals surface area contributed by atoms with E-state index in [-0.39, 0.29) is 0 Å². The number of hydrogen-bond acceptors (Lipinski definition) is 2. The van der Waals surface area contributed by atoms with Gasteiger partial charge in [-0.05, 0) is 61.3 Å². The van der Waals surface area contributed by atoms with E-state index < -0.39 is 0 Å². The minimum atomic E-state index is 0.816. The molecule has 2 heteroatoms. The highest BCUT2D eigenvalue weighted by Crippen LogP contribution is 2.44. The van der Waals surface area contributed by atoms with E-state index >= 15 is 0 Å². The van der Waals surface area contributed by atoms with Crippen LogP contribution in [-0.4, -0.2) is 19.2 Å². The highest BCUT2D eigenvalue weighted by atomic mass is 16.5. The van der Waals surface area contributed by atoms with Crippen LogP contribution in [0.5, 0.6) is 5.75 Å². The van der Waals surface area contributed by atoms with E-state index in [1.807, 2.05) is 0 Å². The van der Waals surface area contributed by atoms with Gasteiger partial charge in [-0.15, -0.1) is 0 Å². The van der Waals surface area contributed by atoms with Crippen molar-refractivity contribution in [3.05, 3.63) is 29.3 Å². The highest BCUT2D eigenvalue weighted by Gasteiger charge is 2.38. The van der Waals surface area contributed by atoms with Crippen molar-refractivity contribution in [2.75, 3.05) is 13.2 Å². The van der Waals surface area contributed by atoms with Gasteiger partial charge in [-0.2, -0.15) is 0 Å². The SMILES string of the molecule is c1cc2c(cc1CCNC1CC3CCC1C3)CCO2. The monoisotopic (exact) mass is 257 g/mol. The van der Waals surface area contributed by atoms with Crippen LogP contribution in [0.1, 0.15) is 36.8 Å². The zero-order valence-electron chi connectivity index (χ0n) is 11.5. The van der Waals surface area contributed by atoms with Crippen molar-refractivity contribution in [3.63, 3.8) is 0 Å². The maximum atomic E-state index is 5.56. The van der Waals surface area contributed by atoms with E-state index in [9.17, 15) is 0 Å². The lowest BCUT2D eigenvalue weighted by atomic mass is 9.95. The molecule has 2 fully saturated rings. The lowest BCUT2D eigenvalue weighted by molar-refractivity contribution is 0.354. The zero-order chi connectivity index (χ0) is 12.7. The lowest BCUT2D eigenvalue weighted by Crippen LogP contribution is -2.35. The van der Waals surface area contributed by atoms with Crippen LogP contribution >= 0.6 is 0 Å². The second kappa shape index (κ2) is 4.82. The van der Waals surface area contributed by atoms with E-state index in [4.69, 9.17) is 4.74 Å². The van der Waals surface area contributed by atoms with Crippen molar-refractivity contribution in [1.82, 2.24) is 5.32 Å². The lowest BCUT2D eigenvalue weighted by Gasteiger charge is -2.23. The van der Waals surface area contributed by atoms with Gasteiger partial charge in [0.05, 0.1) is 6.61 Å². The third-order valence-electron chi connectivity index (χ3n) is 5.31. The Morgan fingerprint density at radius 2 is 2.21 bits per heavy atom. The zero-order valence-corrected chi connectivity index (χ0v) is 11.5. The molecule has 0 amide bonds. The summed E-state index contributed by atoms with van der Waals surface area (Å²) in [6.07, 6.45) is 8.13. The number of fused-ring (bicyclic) bond motifs is 3. The van der Waals surface area contributed by atoms with Gasteiger partial charge in [0.2, 0.25) is 0 Å². The fourth-order valence-electron chi connectivity index (χ4n) is 4.29. The molecule has 1 aliphatic heterocycles. The summed E-state index contributed by atoms with van der Waals surface area (Å²) < 4.78 is 5.56. The Balaban J connectivity index is 1.30. The number of hydrogen-bond donors (Lipinski definition) is 1. The van der Waals surface area contributed by atoms with Gasteiger partial charge in [0.25, 0.3) is 0 Å². The van der Waals surface area contributed by atoms with Crippen LogP contribution in [0.4, 0.5) is 0 Å². The maximum absolute atomic E-state index is 5.56. The standard InChI is InChI=1S/C17H23NO/c1-3-14-10-13(1)11-16(14)18-7-5-12-2-4-17-15(9-12)6-8-19-17/h2,4,9,13-14,16,18H,1,3,5-8,10-11H2. The van der Waals surface area contributed by atoms with Crippen molar-refractivity contribution in [3.8, 4) is 5.75 Å². The van der Waals surface area contributed by atoms with Crippen LogP contribution < -0.4 is 10.1 Å². The average Bonchev–Trinajstić information content (AvgIpc) is 3.14. The minimum Gasteiger partial charge on any atom is -0.493 e. The number of ether oxygens (including phenoxy) is 1. The Labute approximate surface area is 115 Å². The van der Waals surface area contributed by atoms with Gasteiger partial charge in [-0.1, -0.05) is 18.6 Å². The van der Waals surface area contributed by atoms with Crippen molar-refractivity contribution >= 4 is 0 Å². The molecule has 1 aromatic rings. The molecule has 19 heavy (non-hydrogen) atoms. The Bertz CT molecular complexity index is 470. The van der Waals surface area contributed by atoms with Gasteiger partial charge in [-0.25, -0.2) is 0 Å². The molecular formula is C17H23NO. The van der Waals surface area contributed by atoms with Crippen molar-refractivity contribution in [2.45, 2.75) is 44.6 Å². The topological polar surface area (TPSA) is 21.3 Å². The molecular weight excluding hydrogens is 234 g/mol. The van der Waals surface area contributed by atoms with E-state index in [1.165, 1.54) is 36.8 Å². The first kappa shape index (κ1) is 11.8. The summed E-state index contributed by atoms with van der Waals surface area (Å²) >= 11 is 0. The summed E-state index contributed by atoms with van der Waals surface area (Å²) in [5, 5.41) is 3.80. The molecule has 1 heterocycles. The molecule has 102 valence electrons. The third-order valence-corrected chi connectivity index (χ3v) is 5.31. The molecule has 0 saturated heterocycles. The van der Waals surface area contributed by atoms with Crippen LogP contribution in [0, 0.1) is 11.8 Å². The molecule has 3 aliphatic rings. The van der Waals surface area contributed by atoms with Gasteiger partial charge in [0.15, 0.2) is 0 Å². The summed E-state index contributed by atoms with van der Waals surface area (Å²) in [4.78, 5) is 0. The van der Waals surface area contributed by atoms with Gasteiger partial charge in [-0.3, -0.25) is 0 Å². The van der Waals surface area contributed by atoms with Crippen LogP contribution in [0.15, 0.2) is 18.2 Å². The van der Waals surface area contributed by atoms with Gasteiger partial charge in [0.1, 0.15) is 5.75 Å². The molecule has 0 spiro atoms. The summed E-state index contributed by atoms with van der Waals surface area (Å²) in [5.74, 6) is 3.13. The second-order valence-electron chi connectivity index (χ2n) is 6.53. The first-order valence-corrected chi connectivity index (χ1v) is 7.86. The Hall–Kier alpha value is -1.02. The molecule has 0 radical (unpaired) electrons. The predicted molar refractivity (Wildman–Crippen MR) is 76.6 cm³/mol. The Morgan fingerprint density at radius 1 is 1.21 bits per heavy atom. The molecule has 2 bridgehead atoms. The van der Waals surface area contributed by atoms with E-state index in [0.717, 1.165) is 49.6 Å². The molecule has 3 atom stereocenters. The molecule has 0 aromatic heterocycles. The van der Waals surface area contributed by atoms with Crippen LogP contribution in [-0.2, 0) is 12.8 Å². The normalized spacial score (nSPS) is 31.5. The molecule has 4 rings (SSSR count). The van der Waals surface area contributed by atoms with Gasteiger partial charge in [0, 0.05) is 12.5 Å². The van der Waals surface area contributed by atoms with Gasteiger partial charge < -0.3 is 10.1 Å². The summed E-state index contributed by atoms with van der Waals surface area (Å²) in [6, 6.07) is 7.53. The number of rotatable bonds is 4. The minimum absolute atomic E-state index is 0.816. The molecule has 2 saturated carbocycles. The van der Waals surface area contributed by atoms with Crippen molar-refractivity contribution < 1.29 is 4.74 Å². The fraction of sp³-hybridized carbons (Fsp3) is 0.647. The maximum Gasteiger partial charge on any atom is 0.122 e. The molecule has 2 nitrogen and oxygen atoms in total. The molecule has 3 unspecified atom stereocenters. The average molecular weight is 257 g/mol. The number of benzene rings is 1. The largest absolute Gasteiger partial charge is 0.493 e. The molecule has 1 aromatic carbocycles. The third kappa shape index (κ3) is 2.27. The quantitative estimate of drug-likeness (QED) is 0.895. The second-order valence-corrected chi connectivity index (χ2v) is 6.53. The van der Waals surface area contributed by atoms with Crippen molar-refractivity contribution in [2.24, 2.45) is 11.8 Å². The summed E-state index contributed by atoms with van der Waals surface area (Å²) in [5.41, 5.74) is 2.86. The van der Waals surface area contributed by atoms with Crippen LogP contribution in [0.3, 0.4) is 0 Å². The summed E-state index contributed by atoms with van der Waals surface area (Å²) in [6.45, 7) is 2.00. The predicted octanol–water partition coefficient (Wildman–Crippen LogP) is 2.94. The smallest absolute Gasteiger partial charge is 0.122 e. The van der Waals surface area contributed by atoms with E-state index in [2.05, 4.69) is 23.5 Å². The molecule has 2 aliphatic carbocycles. The first-order valence-electron chi connectivity index (χ1n) is 7.86. The van der Waals surface area contributed by atoms with E-state index in [1.54, 1.807) is 0 Å². The Morgan fingerprint density at radius 3 is 3.05 bits per heavy atom. The first-order chi connectivity index (χ1) is 9.38. The summed E-state index contributed by atoms with van der Waals surface area (Å²) in [7, 11) is 0. The number of nitrogens with one attached hydrogen (secondary N) is 1. The van der Waals surface area contributed by atoms with Crippen LogP contribution in [0.25, 0.3) is 0 Å². The highest BCUT2D eigenvalue weighted by molar-refractivity contribution is 5.39.